The second-order valence-corrected chi connectivity index (χ2v) is 6.60. The van der Waals surface area contributed by atoms with Crippen molar-refractivity contribution in [2.45, 2.75) is 57.9 Å². The van der Waals surface area contributed by atoms with Crippen molar-refractivity contribution in [2.75, 3.05) is 13.1 Å². The van der Waals surface area contributed by atoms with Crippen LogP contribution in [0.5, 0.6) is 0 Å². The maximum Gasteiger partial charge on any atom is 0.220 e. The van der Waals surface area contributed by atoms with Gasteiger partial charge in [0.15, 0.2) is 0 Å². The Balaban J connectivity index is 0.00000264. The topological polar surface area (TPSA) is 41.1 Å². The van der Waals surface area contributed by atoms with Gasteiger partial charge in [0.25, 0.3) is 0 Å². The van der Waals surface area contributed by atoms with Crippen LogP contribution < -0.4 is 10.6 Å². The second kappa shape index (κ2) is 10.7. The quantitative estimate of drug-likeness (QED) is 0.792. The summed E-state index contributed by atoms with van der Waals surface area (Å²) in [4.78, 5) is 12.0. The third kappa shape index (κ3) is 6.92. The number of hydrogen-bond acceptors (Lipinski definition) is 2. The first kappa shape index (κ1) is 20.0. The first-order valence-corrected chi connectivity index (χ1v) is 8.74. The zero-order valence-electron chi connectivity index (χ0n) is 14.4. The van der Waals surface area contributed by atoms with Gasteiger partial charge in [0.2, 0.25) is 5.91 Å². The first-order chi connectivity index (χ1) is 10.7. The minimum atomic E-state index is 0. The van der Waals surface area contributed by atoms with Crippen molar-refractivity contribution in [3.8, 4) is 0 Å². The average Bonchev–Trinajstić information content (AvgIpc) is 2.55. The maximum absolute atomic E-state index is 12.0. The van der Waals surface area contributed by atoms with Crippen molar-refractivity contribution in [3.63, 3.8) is 0 Å². The molecule has 0 spiro atoms. The van der Waals surface area contributed by atoms with Crippen LogP contribution in [0.15, 0.2) is 30.3 Å². The molecule has 1 atom stereocenters. The standard InChI is InChI=1S/C19H30N2O.ClH/c1-3-20-15(2)14-21-19(22)13-16-9-11-18(12-10-16)17-7-5-4-6-8-17;/h4-8,15-16,18,20H,3,9-14H2,1-2H3,(H,21,22);1H/t15-,16?,18?;/m1./s1. The van der Waals surface area contributed by atoms with Gasteiger partial charge in [0.05, 0.1) is 0 Å². The van der Waals surface area contributed by atoms with Crippen molar-refractivity contribution in [1.29, 1.82) is 0 Å². The molecular weight excluding hydrogens is 308 g/mol. The number of likely N-dealkylation sites (N-methyl/N-ethyl adjacent to an activating group) is 1. The van der Waals surface area contributed by atoms with E-state index in [1.54, 1.807) is 0 Å². The molecule has 2 N–H and O–H groups in total. The number of nitrogens with one attached hydrogen (secondary N) is 2. The number of amides is 1. The molecule has 3 nitrogen and oxygen atoms in total. The normalized spacial score (nSPS) is 22.0. The van der Waals surface area contributed by atoms with E-state index in [-0.39, 0.29) is 18.3 Å². The van der Waals surface area contributed by atoms with Crippen LogP contribution in [0.25, 0.3) is 0 Å². The van der Waals surface area contributed by atoms with E-state index in [4.69, 9.17) is 0 Å². The Kier molecular flexibility index (Phi) is 9.27. The highest BCUT2D eigenvalue weighted by molar-refractivity contribution is 5.85. The lowest BCUT2D eigenvalue weighted by Gasteiger charge is -2.28. The first-order valence-electron chi connectivity index (χ1n) is 8.74. The molecule has 0 unspecified atom stereocenters. The van der Waals surface area contributed by atoms with E-state index < -0.39 is 0 Å². The number of rotatable bonds is 7. The Bertz CT molecular complexity index is 444. The molecule has 0 heterocycles. The molecule has 4 heteroatoms. The fourth-order valence-electron chi connectivity index (χ4n) is 3.45. The molecule has 0 aromatic heterocycles. The van der Waals surface area contributed by atoms with Gasteiger partial charge in [-0.2, -0.15) is 0 Å². The molecule has 1 aliphatic carbocycles. The van der Waals surface area contributed by atoms with Crippen LogP contribution in [-0.4, -0.2) is 25.0 Å². The van der Waals surface area contributed by atoms with Crippen molar-refractivity contribution >= 4 is 18.3 Å². The summed E-state index contributed by atoms with van der Waals surface area (Å²) in [7, 11) is 0. The number of halogens is 1. The summed E-state index contributed by atoms with van der Waals surface area (Å²) in [5.41, 5.74) is 1.46. The second-order valence-electron chi connectivity index (χ2n) is 6.60. The molecule has 0 bridgehead atoms. The van der Waals surface area contributed by atoms with Gasteiger partial charge in [-0.05, 0) is 56.6 Å². The molecule has 0 aliphatic heterocycles. The summed E-state index contributed by atoms with van der Waals surface area (Å²) in [5.74, 6) is 1.47. The highest BCUT2D eigenvalue weighted by atomic mass is 35.5. The predicted molar refractivity (Wildman–Crippen MR) is 99.2 cm³/mol. The lowest BCUT2D eigenvalue weighted by molar-refractivity contribution is -0.122. The van der Waals surface area contributed by atoms with E-state index in [1.165, 1.54) is 31.2 Å². The SMILES string of the molecule is CCN[C@H](C)CNC(=O)CC1CCC(c2ccccc2)CC1.Cl. The molecule has 1 aliphatic rings. The van der Waals surface area contributed by atoms with E-state index in [0.29, 0.717) is 24.3 Å². The highest BCUT2D eigenvalue weighted by Gasteiger charge is 2.23. The summed E-state index contributed by atoms with van der Waals surface area (Å²) in [6.45, 7) is 5.87. The highest BCUT2D eigenvalue weighted by Crippen LogP contribution is 2.36. The van der Waals surface area contributed by atoms with E-state index in [1.807, 2.05) is 0 Å². The van der Waals surface area contributed by atoms with Crippen molar-refractivity contribution < 1.29 is 4.79 Å². The minimum absolute atomic E-state index is 0. The lowest BCUT2D eigenvalue weighted by Crippen LogP contribution is -2.39. The molecule has 1 saturated carbocycles. The number of carbonyl (C=O) groups excluding carboxylic acids is 1. The lowest BCUT2D eigenvalue weighted by atomic mass is 9.77. The summed E-state index contributed by atoms with van der Waals surface area (Å²) in [6, 6.07) is 11.1. The van der Waals surface area contributed by atoms with Gasteiger partial charge in [-0.3, -0.25) is 4.79 Å². The number of carbonyl (C=O) groups is 1. The molecule has 1 amide bonds. The Morgan fingerprint density at radius 1 is 1.17 bits per heavy atom. The molecule has 130 valence electrons. The largest absolute Gasteiger partial charge is 0.355 e. The van der Waals surface area contributed by atoms with Gasteiger partial charge in [-0.1, -0.05) is 37.3 Å². The fraction of sp³-hybridized carbons (Fsp3) is 0.632. The third-order valence-corrected chi connectivity index (χ3v) is 4.75. The van der Waals surface area contributed by atoms with Gasteiger partial charge in [-0.25, -0.2) is 0 Å². The molecular formula is C19H31ClN2O. The summed E-state index contributed by atoms with van der Waals surface area (Å²) in [5, 5.41) is 6.37. The molecule has 0 saturated heterocycles. The van der Waals surface area contributed by atoms with Gasteiger partial charge in [-0.15, -0.1) is 12.4 Å². The molecule has 23 heavy (non-hydrogen) atoms. The zero-order chi connectivity index (χ0) is 15.8. The van der Waals surface area contributed by atoms with Gasteiger partial charge in [0, 0.05) is 19.0 Å². The Labute approximate surface area is 147 Å². The fourth-order valence-corrected chi connectivity index (χ4v) is 3.45. The Morgan fingerprint density at radius 2 is 1.83 bits per heavy atom. The average molecular weight is 339 g/mol. The van der Waals surface area contributed by atoms with Crippen LogP contribution in [0.4, 0.5) is 0 Å². The van der Waals surface area contributed by atoms with Crippen LogP contribution in [-0.2, 0) is 4.79 Å². The zero-order valence-corrected chi connectivity index (χ0v) is 15.2. The van der Waals surface area contributed by atoms with Crippen LogP contribution in [0.2, 0.25) is 0 Å². The Morgan fingerprint density at radius 3 is 2.43 bits per heavy atom. The van der Waals surface area contributed by atoms with Gasteiger partial charge in [0.1, 0.15) is 0 Å². The van der Waals surface area contributed by atoms with Gasteiger partial charge >= 0.3 is 0 Å². The van der Waals surface area contributed by atoms with Crippen LogP contribution in [0.1, 0.15) is 57.4 Å². The van der Waals surface area contributed by atoms with E-state index >= 15 is 0 Å². The summed E-state index contributed by atoms with van der Waals surface area (Å²) >= 11 is 0. The summed E-state index contributed by atoms with van der Waals surface area (Å²) < 4.78 is 0. The minimum Gasteiger partial charge on any atom is -0.355 e. The number of benzene rings is 1. The van der Waals surface area contributed by atoms with E-state index in [0.717, 1.165) is 13.1 Å². The van der Waals surface area contributed by atoms with Crippen molar-refractivity contribution in [2.24, 2.45) is 5.92 Å². The van der Waals surface area contributed by atoms with E-state index in [9.17, 15) is 4.79 Å². The van der Waals surface area contributed by atoms with Crippen LogP contribution >= 0.6 is 12.4 Å². The molecule has 0 radical (unpaired) electrons. The molecule has 2 rings (SSSR count). The van der Waals surface area contributed by atoms with Crippen LogP contribution in [0, 0.1) is 5.92 Å². The van der Waals surface area contributed by atoms with Gasteiger partial charge < -0.3 is 10.6 Å². The van der Waals surface area contributed by atoms with Crippen molar-refractivity contribution in [1.82, 2.24) is 10.6 Å². The van der Waals surface area contributed by atoms with Crippen molar-refractivity contribution in [3.05, 3.63) is 35.9 Å². The maximum atomic E-state index is 12.0. The van der Waals surface area contributed by atoms with Crippen LogP contribution in [0.3, 0.4) is 0 Å². The predicted octanol–water partition coefficient (Wildman–Crippen LogP) is 3.89. The molecule has 1 aromatic rings. The van der Waals surface area contributed by atoms with E-state index in [2.05, 4.69) is 54.8 Å². The molecule has 1 fully saturated rings. The monoisotopic (exact) mass is 338 g/mol. The Hall–Kier alpha value is -1.06. The third-order valence-electron chi connectivity index (χ3n) is 4.75. The smallest absolute Gasteiger partial charge is 0.220 e. The summed E-state index contributed by atoms with van der Waals surface area (Å²) in [6.07, 6.45) is 5.48. The number of hydrogen-bond donors (Lipinski definition) is 2. The molecule has 1 aromatic carbocycles.